The Morgan fingerprint density at radius 1 is 0.568 bits per heavy atom. The third-order valence-corrected chi connectivity index (χ3v) is 8.14. The molecule has 0 aliphatic heterocycles. The van der Waals surface area contributed by atoms with Gasteiger partial charge in [-0.05, 0) is 30.3 Å². The Morgan fingerprint density at radius 3 is 2.14 bits per heavy atom. The highest BCUT2D eigenvalue weighted by atomic mass is 32.1. The average Bonchev–Trinajstić information content (AvgIpc) is 3.66. The molecule has 0 saturated carbocycles. The summed E-state index contributed by atoms with van der Waals surface area (Å²) in [6.45, 7) is 0. The lowest BCUT2D eigenvalue weighted by Gasteiger charge is -2.08. The first-order valence-electron chi connectivity index (χ1n) is 12.3. The summed E-state index contributed by atoms with van der Waals surface area (Å²) in [5.41, 5.74) is 6.92. The van der Waals surface area contributed by atoms with Gasteiger partial charge in [0, 0.05) is 33.3 Å². The molecule has 0 spiro atoms. The van der Waals surface area contributed by atoms with Crippen molar-refractivity contribution in [3.63, 3.8) is 0 Å². The van der Waals surface area contributed by atoms with Crippen LogP contribution in [-0.2, 0) is 0 Å². The molecule has 0 bridgehead atoms. The Hall–Kier alpha value is -4.74. The van der Waals surface area contributed by atoms with Crippen LogP contribution in [-0.4, -0.2) is 19.1 Å². The molecule has 4 heterocycles. The second-order valence-electron chi connectivity index (χ2n) is 9.14. The zero-order valence-corrected chi connectivity index (χ0v) is 20.6. The van der Waals surface area contributed by atoms with Crippen molar-refractivity contribution >= 4 is 54.9 Å². The van der Waals surface area contributed by atoms with Crippen LogP contribution in [0.25, 0.3) is 64.9 Å². The van der Waals surface area contributed by atoms with Crippen molar-refractivity contribution in [1.29, 1.82) is 0 Å². The number of aromatic nitrogens is 4. The van der Waals surface area contributed by atoms with Gasteiger partial charge in [-0.2, -0.15) is 0 Å². The molecule has 0 amide bonds. The number of fused-ring (bicyclic) bond motifs is 7. The van der Waals surface area contributed by atoms with Crippen LogP contribution >= 0.6 is 11.3 Å². The van der Waals surface area contributed by atoms with Gasteiger partial charge in [-0.25, -0.2) is 4.98 Å². The molecule has 4 aromatic carbocycles. The number of hydrogen-bond acceptors (Lipinski definition) is 3. The van der Waals surface area contributed by atoms with Gasteiger partial charge < -0.3 is 4.57 Å². The first-order chi connectivity index (χ1) is 18.4. The Bertz CT molecular complexity index is 2080. The molecule has 0 radical (unpaired) electrons. The number of nitrogens with zero attached hydrogens (tertiary/aromatic N) is 4. The van der Waals surface area contributed by atoms with Gasteiger partial charge in [-0.15, -0.1) is 0 Å². The third-order valence-electron chi connectivity index (χ3n) is 7.11. The van der Waals surface area contributed by atoms with E-state index in [4.69, 9.17) is 4.98 Å². The van der Waals surface area contributed by atoms with Gasteiger partial charge in [-0.1, -0.05) is 84.1 Å². The van der Waals surface area contributed by atoms with E-state index in [1.807, 2.05) is 30.7 Å². The van der Waals surface area contributed by atoms with E-state index in [-0.39, 0.29) is 0 Å². The van der Waals surface area contributed by atoms with Crippen LogP contribution in [0.2, 0.25) is 0 Å². The summed E-state index contributed by atoms with van der Waals surface area (Å²) in [6.07, 6.45) is 5.76. The summed E-state index contributed by atoms with van der Waals surface area (Å²) >= 11 is 1.73. The molecule has 0 atom stereocenters. The fraction of sp³-hybridized carbons (Fsp3) is 0. The molecule has 0 N–H and O–H groups in total. The minimum Gasteiger partial charge on any atom is -0.308 e. The topological polar surface area (TPSA) is 35.6 Å². The van der Waals surface area contributed by atoms with Crippen molar-refractivity contribution in [1.82, 2.24) is 19.1 Å². The molecule has 8 rings (SSSR count). The van der Waals surface area contributed by atoms with E-state index < -0.39 is 0 Å². The van der Waals surface area contributed by atoms with Crippen LogP contribution in [0.1, 0.15) is 0 Å². The van der Waals surface area contributed by atoms with E-state index in [0.717, 1.165) is 21.3 Å². The lowest BCUT2D eigenvalue weighted by molar-refractivity contribution is 1.14. The summed E-state index contributed by atoms with van der Waals surface area (Å²) < 4.78 is 4.72. The van der Waals surface area contributed by atoms with Crippen molar-refractivity contribution in [2.75, 3.05) is 0 Å². The van der Waals surface area contributed by atoms with Gasteiger partial charge in [0.05, 0.1) is 40.1 Å². The average molecular weight is 493 g/mol. The molecule has 0 unspecified atom stereocenters. The number of pyridine rings is 1. The van der Waals surface area contributed by atoms with Crippen molar-refractivity contribution in [3.8, 4) is 21.3 Å². The molecule has 5 heteroatoms. The smallest absolute Gasteiger partial charge is 0.125 e. The highest BCUT2D eigenvalue weighted by Gasteiger charge is 2.21. The monoisotopic (exact) mass is 492 g/mol. The Labute approximate surface area is 216 Å². The van der Waals surface area contributed by atoms with Gasteiger partial charge in [0.25, 0.3) is 0 Å². The molecule has 0 aliphatic carbocycles. The van der Waals surface area contributed by atoms with Gasteiger partial charge in [-0.3, -0.25) is 9.55 Å². The fourth-order valence-electron chi connectivity index (χ4n) is 5.58. The molecule has 4 nitrogen and oxygen atoms in total. The quantitative estimate of drug-likeness (QED) is 0.248. The van der Waals surface area contributed by atoms with Gasteiger partial charge in [0.2, 0.25) is 0 Å². The fourth-order valence-corrected chi connectivity index (χ4v) is 6.53. The van der Waals surface area contributed by atoms with Gasteiger partial charge in [0.15, 0.2) is 0 Å². The normalized spacial score (nSPS) is 11.8. The molecule has 0 fully saturated rings. The van der Waals surface area contributed by atoms with Crippen LogP contribution < -0.4 is 0 Å². The first-order valence-corrected chi connectivity index (χ1v) is 13.1. The summed E-state index contributed by atoms with van der Waals surface area (Å²) in [5, 5.41) is 7.08. The number of hydrogen-bond donors (Lipinski definition) is 0. The second-order valence-corrected chi connectivity index (χ2v) is 10.2. The molecule has 0 saturated heterocycles. The van der Waals surface area contributed by atoms with Gasteiger partial charge in [0.1, 0.15) is 10.0 Å². The predicted octanol–water partition coefficient (Wildman–Crippen LogP) is 8.40. The zero-order chi connectivity index (χ0) is 24.3. The highest BCUT2D eigenvalue weighted by molar-refractivity contribution is 7.17. The summed E-state index contributed by atoms with van der Waals surface area (Å²) in [4.78, 5) is 9.25. The van der Waals surface area contributed by atoms with Crippen molar-refractivity contribution in [2.24, 2.45) is 0 Å². The summed E-state index contributed by atoms with van der Waals surface area (Å²) in [5.74, 6) is 0. The van der Waals surface area contributed by atoms with E-state index in [1.54, 1.807) is 11.3 Å². The minimum atomic E-state index is 1.02. The van der Waals surface area contributed by atoms with Crippen LogP contribution in [0, 0.1) is 0 Å². The summed E-state index contributed by atoms with van der Waals surface area (Å²) in [6, 6.07) is 36.4. The maximum absolute atomic E-state index is 4.84. The van der Waals surface area contributed by atoms with Crippen molar-refractivity contribution < 1.29 is 0 Å². The van der Waals surface area contributed by atoms with Crippen LogP contribution in [0.3, 0.4) is 0 Å². The largest absolute Gasteiger partial charge is 0.308 e. The Balaban J connectivity index is 1.54. The van der Waals surface area contributed by atoms with Crippen molar-refractivity contribution in [2.45, 2.75) is 0 Å². The van der Waals surface area contributed by atoms with E-state index in [0.29, 0.717) is 0 Å². The molecular formula is C32H20N4S. The van der Waals surface area contributed by atoms with E-state index >= 15 is 0 Å². The maximum atomic E-state index is 4.84. The predicted molar refractivity (Wildman–Crippen MR) is 154 cm³/mol. The highest BCUT2D eigenvalue weighted by Crippen LogP contribution is 2.43. The summed E-state index contributed by atoms with van der Waals surface area (Å²) in [7, 11) is 0. The van der Waals surface area contributed by atoms with E-state index in [1.165, 1.54) is 43.6 Å². The number of para-hydroxylation sites is 2. The molecule has 4 aromatic heterocycles. The second kappa shape index (κ2) is 7.88. The maximum Gasteiger partial charge on any atom is 0.125 e. The molecule has 0 aliphatic rings. The van der Waals surface area contributed by atoms with Crippen molar-refractivity contribution in [3.05, 3.63) is 122 Å². The zero-order valence-electron chi connectivity index (χ0n) is 19.7. The number of benzene rings is 4. The number of thiazole rings is 1. The van der Waals surface area contributed by atoms with Gasteiger partial charge >= 0.3 is 0 Å². The Kier molecular flexibility index (Phi) is 4.36. The minimum absolute atomic E-state index is 1.02. The van der Waals surface area contributed by atoms with Crippen LogP contribution in [0.5, 0.6) is 0 Å². The lowest BCUT2D eigenvalue weighted by atomic mass is 10.1. The van der Waals surface area contributed by atoms with Crippen LogP contribution in [0.4, 0.5) is 0 Å². The van der Waals surface area contributed by atoms with E-state index in [2.05, 4.69) is 105 Å². The molecule has 8 aromatic rings. The van der Waals surface area contributed by atoms with E-state index in [9.17, 15) is 0 Å². The third kappa shape index (κ3) is 2.95. The lowest BCUT2D eigenvalue weighted by Crippen LogP contribution is -1.94. The standard InChI is InChI=1S/C32H20N4S/c1-2-9-21(10-3-1)32-34-20-29(37-32)36-26-14-6-4-12-23(26)24-16-17-28-30(31(24)36)25-13-5-7-15-27(25)35(28)22-11-8-18-33-19-22/h1-20H. The Morgan fingerprint density at radius 2 is 1.32 bits per heavy atom. The molecule has 37 heavy (non-hydrogen) atoms. The number of rotatable bonds is 3. The van der Waals surface area contributed by atoms with Crippen LogP contribution in [0.15, 0.2) is 122 Å². The SMILES string of the molecule is c1ccc(-c2ncc(-n3c4ccccc4c4ccc5c(c6ccccc6n5-c5cccnc5)c43)s2)cc1. The molecule has 174 valence electrons. The first kappa shape index (κ1) is 20.5. The molecular weight excluding hydrogens is 472 g/mol.